The fourth-order valence-electron chi connectivity index (χ4n) is 3.00. The number of pyridine rings is 1. The number of hydrogen-bond donors (Lipinski definition) is 1. The number of benzene rings is 1. The highest BCUT2D eigenvalue weighted by molar-refractivity contribution is 9.11. The van der Waals surface area contributed by atoms with Crippen molar-refractivity contribution in [1.29, 1.82) is 0 Å². The van der Waals surface area contributed by atoms with Crippen molar-refractivity contribution >= 4 is 38.5 Å². The third-order valence-corrected chi connectivity index (χ3v) is 5.75. The molecule has 7 heteroatoms. The first kappa shape index (κ1) is 17.4. The summed E-state index contributed by atoms with van der Waals surface area (Å²) >= 11 is 5.00. The Hall–Kier alpha value is -2.06. The van der Waals surface area contributed by atoms with Gasteiger partial charge in [-0.25, -0.2) is 9.45 Å². The lowest BCUT2D eigenvalue weighted by molar-refractivity contribution is -0.158. The number of halogens is 2. The molecular formula is C19H14BrFN2O2S. The van der Waals surface area contributed by atoms with Crippen LogP contribution in [0.25, 0.3) is 11.3 Å². The molecule has 0 fully saturated rings. The standard InChI is InChI=1S/C19H14BrFN2O2S/c20-16-8-7-15(26-16)19-17(12-4-3-9-22-10-12)18(23(11-24)25-19)13-5-1-2-6-14(13)21/h1-10,19,24H,11H2. The molecule has 3 heterocycles. The Morgan fingerprint density at radius 3 is 2.69 bits per heavy atom. The van der Waals surface area contributed by atoms with Crippen molar-refractivity contribution < 1.29 is 14.3 Å². The van der Waals surface area contributed by atoms with Crippen LogP contribution in [0.15, 0.2) is 64.7 Å². The summed E-state index contributed by atoms with van der Waals surface area (Å²) in [5.74, 6) is -0.376. The van der Waals surface area contributed by atoms with Crippen LogP contribution in [0.3, 0.4) is 0 Å². The van der Waals surface area contributed by atoms with Gasteiger partial charge in [0.2, 0.25) is 0 Å². The Kier molecular flexibility index (Phi) is 4.86. The van der Waals surface area contributed by atoms with Crippen LogP contribution in [0.5, 0.6) is 0 Å². The summed E-state index contributed by atoms with van der Waals surface area (Å²) < 4.78 is 15.5. The molecule has 3 aromatic rings. The van der Waals surface area contributed by atoms with Gasteiger partial charge in [0.1, 0.15) is 18.7 Å². The summed E-state index contributed by atoms with van der Waals surface area (Å²) in [7, 11) is 0. The maximum absolute atomic E-state index is 14.6. The number of aliphatic hydroxyl groups is 1. The van der Waals surface area contributed by atoms with E-state index >= 15 is 0 Å². The van der Waals surface area contributed by atoms with Crippen LogP contribution in [0.2, 0.25) is 0 Å². The van der Waals surface area contributed by atoms with Crippen molar-refractivity contribution in [3.05, 3.63) is 86.5 Å². The first-order valence-electron chi connectivity index (χ1n) is 7.89. The van der Waals surface area contributed by atoms with E-state index < -0.39 is 12.8 Å². The van der Waals surface area contributed by atoms with Crippen LogP contribution >= 0.6 is 27.3 Å². The van der Waals surface area contributed by atoms with Gasteiger partial charge in [0.15, 0.2) is 0 Å². The molecule has 1 unspecified atom stereocenters. The topological polar surface area (TPSA) is 45.6 Å². The quantitative estimate of drug-likeness (QED) is 0.639. The number of rotatable bonds is 4. The number of aliphatic hydroxyl groups excluding tert-OH is 1. The monoisotopic (exact) mass is 432 g/mol. The number of thiophene rings is 1. The van der Waals surface area contributed by atoms with Crippen LogP contribution in [0.4, 0.5) is 4.39 Å². The summed E-state index contributed by atoms with van der Waals surface area (Å²) in [6.45, 7) is -0.392. The van der Waals surface area contributed by atoms with Gasteiger partial charge in [0.05, 0.1) is 9.48 Å². The highest BCUT2D eigenvalue weighted by Crippen LogP contribution is 2.48. The second-order valence-corrected chi connectivity index (χ2v) is 8.13. The van der Waals surface area contributed by atoms with E-state index in [1.807, 2.05) is 24.3 Å². The summed E-state index contributed by atoms with van der Waals surface area (Å²) in [5, 5.41) is 11.2. The lowest BCUT2D eigenvalue weighted by Crippen LogP contribution is -2.20. The average Bonchev–Trinajstić information content (AvgIpc) is 3.26. The van der Waals surface area contributed by atoms with Gasteiger partial charge in [-0.15, -0.1) is 11.3 Å². The highest BCUT2D eigenvalue weighted by Gasteiger charge is 2.37. The first-order valence-corrected chi connectivity index (χ1v) is 9.50. The van der Waals surface area contributed by atoms with E-state index in [4.69, 9.17) is 4.84 Å². The lowest BCUT2D eigenvalue weighted by atomic mass is 9.96. The predicted octanol–water partition coefficient (Wildman–Crippen LogP) is 4.85. The van der Waals surface area contributed by atoms with Crippen LogP contribution in [0.1, 0.15) is 22.1 Å². The molecule has 1 N–H and O–H groups in total. The summed E-state index contributed by atoms with van der Waals surface area (Å²) in [4.78, 5) is 11.1. The van der Waals surface area contributed by atoms with Gasteiger partial charge in [-0.2, -0.15) is 0 Å². The molecule has 0 radical (unpaired) electrons. The first-order chi connectivity index (χ1) is 12.7. The molecule has 1 aliphatic heterocycles. The SMILES string of the molecule is OCN1OC(c2ccc(Br)s2)C(c2cccnc2)=C1c1ccccc1F. The minimum absolute atomic E-state index is 0.374. The van der Waals surface area contributed by atoms with Crippen molar-refractivity contribution in [3.8, 4) is 0 Å². The van der Waals surface area contributed by atoms with E-state index in [1.165, 1.54) is 22.5 Å². The fourth-order valence-corrected chi connectivity index (χ4v) is 4.46. The van der Waals surface area contributed by atoms with Gasteiger partial charge in [0.25, 0.3) is 0 Å². The molecule has 0 spiro atoms. The number of aromatic nitrogens is 1. The van der Waals surface area contributed by atoms with E-state index in [0.29, 0.717) is 11.3 Å². The second-order valence-electron chi connectivity index (χ2n) is 5.63. The second kappa shape index (κ2) is 7.28. The van der Waals surface area contributed by atoms with Gasteiger partial charge in [0, 0.05) is 34.0 Å². The molecule has 1 aliphatic rings. The molecule has 0 aliphatic carbocycles. The van der Waals surface area contributed by atoms with Crippen LogP contribution < -0.4 is 0 Å². The van der Waals surface area contributed by atoms with Crippen molar-refractivity contribution in [2.75, 3.05) is 6.73 Å². The molecule has 0 saturated heterocycles. The zero-order valence-corrected chi connectivity index (χ0v) is 15.9. The maximum atomic E-state index is 14.6. The molecule has 132 valence electrons. The largest absolute Gasteiger partial charge is 0.374 e. The Balaban J connectivity index is 1.97. The minimum atomic E-state index is -0.461. The lowest BCUT2D eigenvalue weighted by Gasteiger charge is -2.19. The molecule has 4 nitrogen and oxygen atoms in total. The molecule has 2 aromatic heterocycles. The zero-order valence-electron chi connectivity index (χ0n) is 13.5. The third kappa shape index (κ3) is 3.07. The molecule has 4 rings (SSSR count). The average molecular weight is 433 g/mol. The van der Waals surface area contributed by atoms with Gasteiger partial charge in [-0.05, 0) is 46.3 Å². The Morgan fingerprint density at radius 2 is 2.04 bits per heavy atom. The smallest absolute Gasteiger partial charge is 0.148 e. The van der Waals surface area contributed by atoms with Gasteiger partial charge in [-0.1, -0.05) is 18.2 Å². The van der Waals surface area contributed by atoms with Crippen molar-refractivity contribution in [2.24, 2.45) is 0 Å². The minimum Gasteiger partial charge on any atom is -0.374 e. The summed E-state index contributed by atoms with van der Waals surface area (Å²) in [5.41, 5.74) is 2.47. The number of hydrogen-bond acceptors (Lipinski definition) is 5. The third-order valence-electron chi connectivity index (χ3n) is 4.08. The van der Waals surface area contributed by atoms with Gasteiger partial charge >= 0.3 is 0 Å². The van der Waals surface area contributed by atoms with E-state index in [-0.39, 0.29) is 5.82 Å². The maximum Gasteiger partial charge on any atom is 0.148 e. The van der Waals surface area contributed by atoms with Crippen molar-refractivity contribution in [1.82, 2.24) is 10.0 Å². The molecule has 1 aromatic carbocycles. The molecule has 0 amide bonds. The van der Waals surface area contributed by atoms with Crippen LogP contribution in [0, 0.1) is 5.82 Å². The van der Waals surface area contributed by atoms with E-state index in [0.717, 1.165) is 19.8 Å². The van der Waals surface area contributed by atoms with Gasteiger partial charge < -0.3 is 5.11 Å². The summed E-state index contributed by atoms with van der Waals surface area (Å²) in [6.07, 6.45) is 2.94. The molecule has 0 saturated carbocycles. The highest BCUT2D eigenvalue weighted by atomic mass is 79.9. The number of hydroxylamine groups is 2. The van der Waals surface area contributed by atoms with E-state index in [1.54, 1.807) is 30.6 Å². The van der Waals surface area contributed by atoms with Crippen molar-refractivity contribution in [3.63, 3.8) is 0 Å². The van der Waals surface area contributed by atoms with Crippen LogP contribution in [-0.2, 0) is 4.84 Å². The Morgan fingerprint density at radius 1 is 1.19 bits per heavy atom. The van der Waals surface area contributed by atoms with E-state index in [9.17, 15) is 9.50 Å². The molecule has 26 heavy (non-hydrogen) atoms. The van der Waals surface area contributed by atoms with E-state index in [2.05, 4.69) is 20.9 Å². The normalized spacial score (nSPS) is 17.2. The van der Waals surface area contributed by atoms with Crippen molar-refractivity contribution in [2.45, 2.75) is 6.10 Å². The van der Waals surface area contributed by atoms with Gasteiger partial charge in [-0.3, -0.25) is 9.82 Å². The fraction of sp³-hybridized carbons (Fsp3) is 0.105. The Labute approximate surface area is 162 Å². The summed E-state index contributed by atoms with van der Waals surface area (Å²) in [6, 6.07) is 14.1. The molecule has 1 atom stereocenters. The molecular weight excluding hydrogens is 419 g/mol. The zero-order chi connectivity index (χ0) is 18.1. The number of nitrogens with zero attached hydrogens (tertiary/aromatic N) is 2. The predicted molar refractivity (Wildman–Crippen MR) is 102 cm³/mol. The van der Waals surface area contributed by atoms with Crippen LogP contribution in [-0.4, -0.2) is 21.9 Å². The molecule has 0 bridgehead atoms. The Bertz CT molecular complexity index is 961.